The quantitative estimate of drug-likeness (QED) is 0.871. The maximum atomic E-state index is 12.5. The highest BCUT2D eigenvalue weighted by molar-refractivity contribution is 7.99. The lowest BCUT2D eigenvalue weighted by Crippen LogP contribution is -2.04. The molecule has 3 nitrogen and oxygen atoms in total. The van der Waals surface area contributed by atoms with Crippen molar-refractivity contribution in [2.24, 2.45) is 0 Å². The van der Waals surface area contributed by atoms with Gasteiger partial charge in [-0.3, -0.25) is 5.10 Å². The van der Waals surface area contributed by atoms with E-state index >= 15 is 0 Å². The Morgan fingerprint density at radius 1 is 1.29 bits per heavy atom. The number of anilines is 1. The lowest BCUT2D eigenvalue weighted by Gasteiger charge is -2.07. The number of rotatable bonds is 2. The standard InChI is InChI=1S/C10H8F3N3S/c11-10(12,13)6-2-1-3-7(4-6)17-8-5-15-16-9(8)14/h1-5H,(H3,14,15,16). The molecule has 0 spiro atoms. The van der Waals surface area contributed by atoms with E-state index in [0.717, 1.165) is 23.9 Å². The van der Waals surface area contributed by atoms with Crippen LogP contribution < -0.4 is 5.73 Å². The summed E-state index contributed by atoms with van der Waals surface area (Å²) in [5, 5.41) is 6.21. The molecule has 2 aromatic rings. The summed E-state index contributed by atoms with van der Waals surface area (Å²) in [6.45, 7) is 0. The lowest BCUT2D eigenvalue weighted by atomic mass is 10.2. The van der Waals surface area contributed by atoms with Crippen molar-refractivity contribution in [2.45, 2.75) is 16.0 Å². The molecule has 0 atom stereocenters. The number of nitrogen functional groups attached to an aromatic ring is 1. The molecule has 1 heterocycles. The number of nitrogens with zero attached hydrogens (tertiary/aromatic N) is 1. The highest BCUT2D eigenvalue weighted by Crippen LogP contribution is 2.35. The van der Waals surface area contributed by atoms with Gasteiger partial charge in [0.25, 0.3) is 0 Å². The van der Waals surface area contributed by atoms with Crippen LogP contribution in [0.4, 0.5) is 19.0 Å². The molecule has 3 N–H and O–H groups in total. The average Bonchev–Trinajstić information content (AvgIpc) is 2.64. The fourth-order valence-corrected chi connectivity index (χ4v) is 2.08. The average molecular weight is 259 g/mol. The number of nitrogens with two attached hydrogens (primary N) is 1. The predicted octanol–water partition coefficient (Wildman–Crippen LogP) is 3.16. The van der Waals surface area contributed by atoms with Crippen LogP contribution >= 0.6 is 11.8 Å². The second-order valence-electron chi connectivity index (χ2n) is 3.28. The van der Waals surface area contributed by atoms with Crippen LogP contribution in [-0.4, -0.2) is 10.2 Å². The highest BCUT2D eigenvalue weighted by Gasteiger charge is 2.30. The first-order valence-electron chi connectivity index (χ1n) is 4.61. The molecular weight excluding hydrogens is 251 g/mol. The van der Waals surface area contributed by atoms with Crippen molar-refractivity contribution in [3.05, 3.63) is 36.0 Å². The second kappa shape index (κ2) is 4.33. The van der Waals surface area contributed by atoms with Crippen LogP contribution in [0, 0.1) is 0 Å². The fourth-order valence-electron chi connectivity index (χ4n) is 1.23. The van der Waals surface area contributed by atoms with Crippen LogP contribution in [0.1, 0.15) is 5.56 Å². The van der Waals surface area contributed by atoms with Crippen LogP contribution in [-0.2, 0) is 6.18 Å². The molecule has 0 amide bonds. The van der Waals surface area contributed by atoms with Crippen LogP contribution in [0.15, 0.2) is 40.3 Å². The molecule has 0 radical (unpaired) electrons. The van der Waals surface area contributed by atoms with Crippen LogP contribution in [0.2, 0.25) is 0 Å². The molecule has 1 aromatic carbocycles. The molecule has 0 unspecified atom stereocenters. The van der Waals surface area contributed by atoms with E-state index in [-0.39, 0.29) is 0 Å². The summed E-state index contributed by atoms with van der Waals surface area (Å²) in [7, 11) is 0. The van der Waals surface area contributed by atoms with E-state index in [1.165, 1.54) is 12.3 Å². The largest absolute Gasteiger partial charge is 0.416 e. The van der Waals surface area contributed by atoms with Crippen molar-refractivity contribution in [3.63, 3.8) is 0 Å². The second-order valence-corrected chi connectivity index (χ2v) is 4.39. The molecule has 2 rings (SSSR count). The van der Waals surface area contributed by atoms with Crippen LogP contribution in [0.25, 0.3) is 0 Å². The summed E-state index contributed by atoms with van der Waals surface area (Å²) in [6, 6.07) is 5.06. The molecule has 0 saturated heterocycles. The first-order chi connectivity index (χ1) is 7.97. The van der Waals surface area contributed by atoms with Gasteiger partial charge in [0.1, 0.15) is 5.82 Å². The SMILES string of the molecule is Nc1[nH]ncc1Sc1cccc(C(F)(F)F)c1. The van der Waals surface area contributed by atoms with Crippen molar-refractivity contribution in [1.82, 2.24) is 10.2 Å². The first kappa shape index (κ1) is 11.8. The van der Waals surface area contributed by atoms with E-state index in [9.17, 15) is 13.2 Å². The highest BCUT2D eigenvalue weighted by atomic mass is 32.2. The van der Waals surface area contributed by atoms with Gasteiger partial charge < -0.3 is 5.73 Å². The number of nitrogens with one attached hydrogen (secondary N) is 1. The number of benzene rings is 1. The Hall–Kier alpha value is -1.63. The third kappa shape index (κ3) is 2.73. The molecule has 0 aliphatic carbocycles. The topological polar surface area (TPSA) is 54.7 Å². The summed E-state index contributed by atoms with van der Waals surface area (Å²) in [6.07, 6.45) is -2.86. The Kier molecular flexibility index (Phi) is 3.01. The normalized spacial score (nSPS) is 11.7. The minimum absolute atomic E-state index is 0.340. The maximum absolute atomic E-state index is 12.5. The number of hydrogen-bond acceptors (Lipinski definition) is 3. The zero-order valence-electron chi connectivity index (χ0n) is 8.45. The number of hydrogen-bond donors (Lipinski definition) is 2. The summed E-state index contributed by atoms with van der Waals surface area (Å²) in [5.41, 5.74) is 4.87. The Balaban J connectivity index is 2.26. The van der Waals surface area contributed by atoms with E-state index in [1.54, 1.807) is 6.07 Å². The Morgan fingerprint density at radius 2 is 2.06 bits per heavy atom. The van der Waals surface area contributed by atoms with Crippen molar-refractivity contribution in [1.29, 1.82) is 0 Å². The van der Waals surface area contributed by atoms with Crippen molar-refractivity contribution < 1.29 is 13.2 Å². The maximum Gasteiger partial charge on any atom is 0.416 e. The number of H-pyrrole nitrogens is 1. The summed E-state index contributed by atoms with van der Waals surface area (Å²) in [4.78, 5) is 1.07. The lowest BCUT2D eigenvalue weighted by molar-refractivity contribution is -0.137. The van der Waals surface area contributed by atoms with Gasteiger partial charge in [0.2, 0.25) is 0 Å². The van der Waals surface area contributed by atoms with Gasteiger partial charge in [-0.2, -0.15) is 18.3 Å². The van der Waals surface area contributed by atoms with E-state index in [4.69, 9.17) is 5.73 Å². The molecule has 1 aromatic heterocycles. The van der Waals surface area contributed by atoms with E-state index < -0.39 is 11.7 Å². The van der Waals surface area contributed by atoms with Gasteiger partial charge in [0.05, 0.1) is 16.7 Å². The Morgan fingerprint density at radius 3 is 2.65 bits per heavy atom. The number of halogens is 3. The summed E-state index contributed by atoms with van der Waals surface area (Å²) in [5.74, 6) is 0.340. The van der Waals surface area contributed by atoms with Gasteiger partial charge in [0.15, 0.2) is 0 Å². The van der Waals surface area contributed by atoms with Gasteiger partial charge in [-0.05, 0) is 18.2 Å². The van der Waals surface area contributed by atoms with Crippen LogP contribution in [0.5, 0.6) is 0 Å². The zero-order chi connectivity index (χ0) is 12.5. The smallest absolute Gasteiger partial charge is 0.383 e. The third-order valence-corrected chi connectivity index (χ3v) is 3.06. The minimum atomic E-state index is -4.33. The Labute approximate surface area is 99.2 Å². The molecule has 0 bridgehead atoms. The summed E-state index contributed by atoms with van der Waals surface area (Å²) < 4.78 is 37.4. The number of aromatic nitrogens is 2. The van der Waals surface area contributed by atoms with Crippen molar-refractivity contribution >= 4 is 17.6 Å². The monoisotopic (exact) mass is 259 g/mol. The van der Waals surface area contributed by atoms with E-state index in [0.29, 0.717) is 15.6 Å². The molecular formula is C10H8F3N3S. The first-order valence-corrected chi connectivity index (χ1v) is 5.42. The number of alkyl halides is 3. The van der Waals surface area contributed by atoms with Gasteiger partial charge >= 0.3 is 6.18 Å². The van der Waals surface area contributed by atoms with Gasteiger partial charge in [-0.25, -0.2) is 0 Å². The summed E-state index contributed by atoms with van der Waals surface area (Å²) >= 11 is 1.13. The van der Waals surface area contributed by atoms with Gasteiger partial charge in [-0.1, -0.05) is 17.8 Å². The fraction of sp³-hybridized carbons (Fsp3) is 0.100. The van der Waals surface area contributed by atoms with Crippen molar-refractivity contribution in [2.75, 3.05) is 5.73 Å². The van der Waals surface area contributed by atoms with Crippen LogP contribution in [0.3, 0.4) is 0 Å². The Bertz CT molecular complexity index is 522. The van der Waals surface area contributed by atoms with E-state index in [2.05, 4.69) is 10.2 Å². The van der Waals surface area contributed by atoms with E-state index in [1.807, 2.05) is 0 Å². The van der Waals surface area contributed by atoms with Crippen molar-refractivity contribution in [3.8, 4) is 0 Å². The molecule has 0 aliphatic heterocycles. The number of aromatic amines is 1. The van der Waals surface area contributed by atoms with Gasteiger partial charge in [-0.15, -0.1) is 0 Å². The molecule has 0 aliphatic rings. The molecule has 0 saturated carbocycles. The molecule has 90 valence electrons. The third-order valence-electron chi connectivity index (χ3n) is 2.02. The molecule has 17 heavy (non-hydrogen) atoms. The molecule has 7 heteroatoms. The predicted molar refractivity (Wildman–Crippen MR) is 58.6 cm³/mol. The van der Waals surface area contributed by atoms with Gasteiger partial charge in [0, 0.05) is 4.90 Å². The zero-order valence-corrected chi connectivity index (χ0v) is 9.27. The minimum Gasteiger partial charge on any atom is -0.383 e. The molecule has 0 fully saturated rings.